The molecule has 1 aromatic rings. The third-order valence-electron chi connectivity index (χ3n) is 2.07. The zero-order chi connectivity index (χ0) is 14.6. The molecule has 0 fully saturated rings. The maximum absolute atomic E-state index is 11.0. The Labute approximate surface area is 201 Å². The van der Waals surface area contributed by atoms with Gasteiger partial charge in [0.1, 0.15) is 5.75 Å². The maximum Gasteiger partial charge on any atom is 1.00 e. The average Bonchev–Trinajstić information content (AvgIpc) is 2.26. The quantitative estimate of drug-likeness (QED) is 0.137. The Morgan fingerprint density at radius 3 is 2.35 bits per heavy atom. The molecule has 106 valence electrons. The monoisotopic (exact) mass is 660 g/mol. The Hall–Kier alpha value is 2.43. The third-order valence-corrected chi connectivity index (χ3v) is 5.62. The molecule has 5 nitrogen and oxygen atoms in total. The summed E-state index contributed by atoms with van der Waals surface area (Å²) >= 11 is 6.16. The van der Waals surface area contributed by atoms with Gasteiger partial charge in [0.15, 0.2) is 6.29 Å². The second kappa shape index (κ2) is 10.3. The first-order valence-corrected chi connectivity index (χ1v) is 9.76. The van der Waals surface area contributed by atoms with Crippen molar-refractivity contribution in [3.8, 4) is 5.75 Å². The van der Waals surface area contributed by atoms with Crippen LogP contribution < -0.4 is 56.1 Å². The molecule has 1 rings (SSSR count). The fourth-order valence-electron chi connectivity index (χ4n) is 1.24. The molecule has 0 bridgehead atoms. The molecule has 0 spiro atoms. The number of carbonyl (C=O) groups is 1. The van der Waals surface area contributed by atoms with E-state index in [9.17, 15) is 17.8 Å². The van der Waals surface area contributed by atoms with E-state index in [4.69, 9.17) is 4.74 Å². The van der Waals surface area contributed by atoms with E-state index in [0.29, 0.717) is 14.9 Å². The summed E-state index contributed by atoms with van der Waals surface area (Å²) in [5.41, 5.74) is 0.549. The molecule has 0 unspecified atom stereocenters. The summed E-state index contributed by atoms with van der Waals surface area (Å²) in [6.45, 7) is 0.117. The Bertz CT molecular complexity index is 591. The molecule has 0 aliphatic carbocycles. The standard InChI is InChI=1S/C10H9I3O5S.K/c11-7-4-8(12)10(9(13)6(7)5-14)18-2-1-3-19(15,16)17;/h4-5H,1-3H2,(H,15,16,17);/q;+1/p-1. The van der Waals surface area contributed by atoms with E-state index in [0.717, 1.165) is 13.4 Å². The Balaban J connectivity index is 0.00000361. The number of hydrogen-bond donors (Lipinski definition) is 0. The van der Waals surface area contributed by atoms with Gasteiger partial charge in [-0.3, -0.25) is 4.79 Å². The van der Waals surface area contributed by atoms with E-state index >= 15 is 0 Å². The first-order chi connectivity index (χ1) is 8.76. The van der Waals surface area contributed by atoms with Gasteiger partial charge in [-0.25, -0.2) is 8.42 Å². The van der Waals surface area contributed by atoms with Crippen molar-refractivity contribution in [1.82, 2.24) is 0 Å². The van der Waals surface area contributed by atoms with Crippen LogP contribution in [0.1, 0.15) is 16.8 Å². The summed E-state index contributed by atoms with van der Waals surface area (Å²) in [7, 11) is -4.21. The van der Waals surface area contributed by atoms with E-state index < -0.39 is 15.9 Å². The van der Waals surface area contributed by atoms with Crippen molar-refractivity contribution in [3.05, 3.63) is 22.3 Å². The number of rotatable bonds is 6. The molecular weight excluding hydrogens is 652 g/mol. The van der Waals surface area contributed by atoms with Gasteiger partial charge in [-0.1, -0.05) is 0 Å². The van der Waals surface area contributed by atoms with Crippen LogP contribution in [0.15, 0.2) is 6.07 Å². The van der Waals surface area contributed by atoms with E-state index in [1.165, 1.54) is 0 Å². The van der Waals surface area contributed by atoms with Crippen LogP contribution in [0.4, 0.5) is 0 Å². The summed E-state index contributed by atoms with van der Waals surface area (Å²) in [6, 6.07) is 1.81. The largest absolute Gasteiger partial charge is 1.00 e. The van der Waals surface area contributed by atoms with Crippen LogP contribution in [0, 0.1) is 10.7 Å². The molecule has 0 saturated carbocycles. The topological polar surface area (TPSA) is 83.5 Å². The van der Waals surface area contributed by atoms with Crippen LogP contribution in [0.2, 0.25) is 0 Å². The molecule has 20 heavy (non-hydrogen) atoms. The zero-order valence-electron chi connectivity index (χ0n) is 10.4. The minimum absolute atomic E-state index is 0. The minimum atomic E-state index is -4.21. The van der Waals surface area contributed by atoms with Gasteiger partial charge in [-0.05, 0) is 80.3 Å². The molecule has 0 N–H and O–H groups in total. The van der Waals surface area contributed by atoms with E-state index in [-0.39, 0.29) is 64.4 Å². The molecule has 0 aliphatic rings. The van der Waals surface area contributed by atoms with Crippen LogP contribution in [0.5, 0.6) is 5.75 Å². The molecule has 1 aromatic carbocycles. The van der Waals surface area contributed by atoms with Gasteiger partial charge in [-0.15, -0.1) is 0 Å². The predicted octanol–water partition coefficient (Wildman–Crippen LogP) is -0.369. The van der Waals surface area contributed by atoms with Crippen molar-refractivity contribution in [2.24, 2.45) is 0 Å². The molecule has 0 saturated heterocycles. The van der Waals surface area contributed by atoms with E-state index in [2.05, 4.69) is 45.2 Å². The first-order valence-electron chi connectivity index (χ1n) is 4.95. The van der Waals surface area contributed by atoms with Gasteiger partial charge in [0.2, 0.25) is 0 Å². The molecule has 0 atom stereocenters. The van der Waals surface area contributed by atoms with Gasteiger partial charge in [0, 0.05) is 14.9 Å². The molecular formula is C10H8I3KO5S. The molecule has 0 heterocycles. The first kappa shape index (κ1) is 22.4. The number of ether oxygens (including phenoxy) is 1. The summed E-state index contributed by atoms with van der Waals surface area (Å²) in [5.74, 6) is 0.0949. The van der Waals surface area contributed by atoms with Crippen molar-refractivity contribution in [2.75, 3.05) is 12.4 Å². The second-order valence-corrected chi connectivity index (χ2v) is 8.41. The Morgan fingerprint density at radius 1 is 1.25 bits per heavy atom. The van der Waals surface area contributed by atoms with Gasteiger partial charge in [0.05, 0.1) is 23.9 Å². The van der Waals surface area contributed by atoms with Crippen molar-refractivity contribution >= 4 is 84.2 Å². The van der Waals surface area contributed by atoms with Crippen molar-refractivity contribution in [3.63, 3.8) is 0 Å². The van der Waals surface area contributed by atoms with Crippen molar-refractivity contribution < 1.29 is 73.9 Å². The maximum atomic E-state index is 11.0. The van der Waals surface area contributed by atoms with Crippen LogP contribution >= 0.6 is 67.8 Å². The van der Waals surface area contributed by atoms with Gasteiger partial charge in [-0.2, -0.15) is 0 Å². The number of halogens is 3. The SMILES string of the molecule is O=Cc1c(I)cc(I)c(OCCCS(=O)(=O)[O-])c1I.[K+]. The van der Waals surface area contributed by atoms with Crippen molar-refractivity contribution in [2.45, 2.75) is 6.42 Å². The summed E-state index contributed by atoms with van der Waals surface area (Å²) in [4.78, 5) is 11.0. The molecule has 0 aromatic heterocycles. The zero-order valence-corrected chi connectivity index (χ0v) is 20.8. The molecule has 10 heteroatoms. The second-order valence-electron chi connectivity index (χ2n) is 3.48. The van der Waals surface area contributed by atoms with Crippen LogP contribution in [0.3, 0.4) is 0 Å². The van der Waals surface area contributed by atoms with Crippen molar-refractivity contribution in [1.29, 1.82) is 0 Å². The van der Waals surface area contributed by atoms with Gasteiger partial charge < -0.3 is 9.29 Å². The smallest absolute Gasteiger partial charge is 0.748 e. The fourth-order valence-corrected chi connectivity index (χ4v) is 5.65. The van der Waals surface area contributed by atoms with E-state index in [1.54, 1.807) is 0 Å². The Morgan fingerprint density at radius 2 is 1.85 bits per heavy atom. The van der Waals surface area contributed by atoms with Crippen LogP contribution in [-0.2, 0) is 10.1 Å². The van der Waals surface area contributed by atoms with Crippen LogP contribution in [-0.4, -0.2) is 31.6 Å². The predicted molar refractivity (Wildman–Crippen MR) is 94.7 cm³/mol. The average molecular weight is 660 g/mol. The summed E-state index contributed by atoms with van der Waals surface area (Å²) in [6.07, 6.45) is 0.884. The van der Waals surface area contributed by atoms with Crippen LogP contribution in [0.25, 0.3) is 0 Å². The molecule has 0 aliphatic heterocycles. The number of carbonyl (C=O) groups excluding carboxylic acids is 1. The fraction of sp³-hybridized carbons (Fsp3) is 0.300. The van der Waals surface area contributed by atoms with Gasteiger partial charge in [0.25, 0.3) is 0 Å². The van der Waals surface area contributed by atoms with Gasteiger partial charge >= 0.3 is 51.4 Å². The summed E-state index contributed by atoms with van der Waals surface area (Å²) < 4.78 is 39.2. The van der Waals surface area contributed by atoms with E-state index in [1.807, 2.05) is 28.7 Å². The molecule has 0 amide bonds. The number of aldehydes is 1. The summed E-state index contributed by atoms with van der Waals surface area (Å²) in [5, 5.41) is 0. The normalized spacial score (nSPS) is 10.8. The third kappa shape index (κ3) is 7.33. The number of benzene rings is 1. The Kier molecular flexibility index (Phi) is 11.6. The minimum Gasteiger partial charge on any atom is -0.748 e. The molecule has 0 radical (unpaired) electrons. The number of hydrogen-bond acceptors (Lipinski definition) is 5.